The van der Waals surface area contributed by atoms with Crippen molar-refractivity contribution >= 4 is 17.6 Å². The van der Waals surface area contributed by atoms with Crippen LogP contribution in [0, 0.1) is 23.2 Å². The molecule has 2 aromatic heterocycles. The van der Waals surface area contributed by atoms with Gasteiger partial charge in [0.1, 0.15) is 11.2 Å². The number of carbonyl (C=O) groups excluding carboxylic acids is 2. The Balaban J connectivity index is 1.82. The molecular weight excluding hydrogens is 456 g/mol. The molecule has 1 saturated heterocycles. The number of aliphatic imine (C=N–C) groups is 1. The molecule has 3 amide bonds. The minimum Gasteiger partial charge on any atom is -0.365 e. The first-order chi connectivity index (χ1) is 17.4. The number of urea groups is 1. The zero-order chi connectivity index (χ0) is 25.5. The number of aromatic nitrogens is 3. The van der Waals surface area contributed by atoms with E-state index in [0.29, 0.717) is 31.6 Å². The lowest BCUT2D eigenvalue weighted by Crippen LogP contribution is -2.57. The number of nitriles is 1. The van der Waals surface area contributed by atoms with E-state index in [2.05, 4.69) is 36.2 Å². The summed E-state index contributed by atoms with van der Waals surface area (Å²) in [4.78, 5) is 44.5. The average molecular weight is 491 g/mol. The third-order valence-corrected chi connectivity index (χ3v) is 7.55. The second kappa shape index (κ2) is 11.4. The van der Waals surface area contributed by atoms with E-state index >= 15 is 0 Å². The minimum atomic E-state index is -0.991. The van der Waals surface area contributed by atoms with Crippen LogP contribution in [-0.2, 0) is 4.79 Å². The number of hydrogen-bond acceptors (Lipinski definition) is 6. The number of nitrogens with zero attached hydrogens (tertiary/aromatic N) is 5. The number of rotatable bonds is 7. The molecule has 1 saturated carbocycles. The Bertz CT molecular complexity index is 1090. The normalized spacial score (nSPS) is 20.7. The molecule has 1 aliphatic heterocycles. The van der Waals surface area contributed by atoms with Crippen LogP contribution in [0.15, 0.2) is 41.9 Å². The molecule has 0 spiro atoms. The Morgan fingerprint density at radius 2 is 2.03 bits per heavy atom. The molecule has 2 aromatic rings. The first kappa shape index (κ1) is 25.5. The topological polar surface area (TPSA) is 153 Å². The lowest BCUT2D eigenvalue weighted by molar-refractivity contribution is -0.126. The Kier molecular flexibility index (Phi) is 8.10. The third kappa shape index (κ3) is 5.79. The lowest BCUT2D eigenvalue weighted by Gasteiger charge is -2.39. The maximum absolute atomic E-state index is 14.3. The highest BCUT2D eigenvalue weighted by Gasteiger charge is 2.44. The van der Waals surface area contributed by atoms with Crippen LogP contribution >= 0.6 is 0 Å². The molecule has 2 fully saturated rings. The fourth-order valence-corrected chi connectivity index (χ4v) is 5.62. The molecule has 190 valence electrons. The molecule has 3 heterocycles. The highest BCUT2D eigenvalue weighted by Crippen LogP contribution is 2.42. The summed E-state index contributed by atoms with van der Waals surface area (Å²) in [7, 11) is 2.00. The second-order valence-electron chi connectivity index (χ2n) is 9.94. The maximum atomic E-state index is 14.3. The smallest absolute Gasteiger partial charge is 0.338 e. The summed E-state index contributed by atoms with van der Waals surface area (Å²) < 4.78 is 0. The number of nitrogens with one attached hydrogen (secondary N) is 2. The second-order valence-corrected chi connectivity index (χ2v) is 9.94. The number of primary amides is 1. The quantitative estimate of drug-likeness (QED) is 0.507. The highest BCUT2D eigenvalue weighted by atomic mass is 16.2. The molecule has 2 atom stereocenters. The molecule has 2 aliphatic rings. The van der Waals surface area contributed by atoms with Crippen LogP contribution < -0.4 is 11.1 Å². The van der Waals surface area contributed by atoms with Crippen molar-refractivity contribution < 1.29 is 9.59 Å². The van der Waals surface area contributed by atoms with Crippen LogP contribution in [0.5, 0.6) is 0 Å². The highest BCUT2D eigenvalue weighted by molar-refractivity contribution is 6.15. The van der Waals surface area contributed by atoms with Gasteiger partial charge < -0.3 is 20.9 Å². The molecule has 2 unspecified atom stereocenters. The number of nitrogens with two attached hydrogens (primary N) is 1. The van der Waals surface area contributed by atoms with E-state index in [0.717, 1.165) is 37.8 Å². The van der Waals surface area contributed by atoms with Gasteiger partial charge in [-0.05, 0) is 50.8 Å². The Labute approximate surface area is 211 Å². The number of likely N-dealkylation sites (tertiary alicyclic amines) is 1. The fourth-order valence-electron chi connectivity index (χ4n) is 5.62. The third-order valence-electron chi connectivity index (χ3n) is 7.55. The molecule has 0 radical (unpaired) electrons. The van der Waals surface area contributed by atoms with Crippen LogP contribution in [0.25, 0.3) is 0 Å². The van der Waals surface area contributed by atoms with Gasteiger partial charge in [0.05, 0.1) is 23.9 Å². The number of hydrogen-bond donors (Lipinski definition) is 3. The summed E-state index contributed by atoms with van der Waals surface area (Å²) in [6.07, 6.45) is 12.6. The van der Waals surface area contributed by atoms with E-state index < -0.39 is 17.5 Å². The van der Waals surface area contributed by atoms with Crippen molar-refractivity contribution in [1.29, 1.82) is 5.26 Å². The first-order valence-corrected chi connectivity index (χ1v) is 12.6. The van der Waals surface area contributed by atoms with Crippen molar-refractivity contribution in [3.05, 3.63) is 48.3 Å². The SMILES string of the molecule is CN1CCC(C#N)(NC(=O)C(C(=NC(N)=O)c2cnccn2)C(c2ccc[nH]2)C2CCCCC2)CC1. The van der Waals surface area contributed by atoms with Crippen molar-refractivity contribution in [2.24, 2.45) is 22.6 Å². The van der Waals surface area contributed by atoms with E-state index in [9.17, 15) is 14.9 Å². The van der Waals surface area contributed by atoms with Gasteiger partial charge in [-0.15, -0.1) is 0 Å². The van der Waals surface area contributed by atoms with Crippen LogP contribution in [-0.4, -0.2) is 63.2 Å². The van der Waals surface area contributed by atoms with E-state index in [4.69, 9.17) is 5.73 Å². The minimum absolute atomic E-state index is 0.179. The largest absolute Gasteiger partial charge is 0.365 e. The van der Waals surface area contributed by atoms with E-state index in [-0.39, 0.29) is 23.5 Å². The van der Waals surface area contributed by atoms with Gasteiger partial charge in [0.25, 0.3) is 0 Å². The Hall–Kier alpha value is -3.58. The predicted molar refractivity (Wildman–Crippen MR) is 135 cm³/mol. The van der Waals surface area contributed by atoms with Crippen molar-refractivity contribution in [3.63, 3.8) is 0 Å². The fraction of sp³-hybridized carbons (Fsp3) is 0.538. The molecule has 4 N–H and O–H groups in total. The summed E-state index contributed by atoms with van der Waals surface area (Å²) in [5.74, 6) is -1.36. The van der Waals surface area contributed by atoms with Crippen LogP contribution in [0.3, 0.4) is 0 Å². The zero-order valence-electron chi connectivity index (χ0n) is 20.7. The predicted octanol–water partition coefficient (Wildman–Crippen LogP) is 2.76. The number of carbonyl (C=O) groups is 2. The summed E-state index contributed by atoms with van der Waals surface area (Å²) in [6, 6.07) is 5.33. The van der Waals surface area contributed by atoms with Gasteiger partial charge in [-0.3, -0.25) is 14.8 Å². The van der Waals surface area contributed by atoms with Gasteiger partial charge in [-0.1, -0.05) is 19.3 Å². The standard InChI is InChI=1S/C26H34N8O2/c1-34-14-9-26(17-27,10-15-34)33-24(35)22(23(32-25(28)36)20-16-29-12-13-31-20)21(19-8-5-11-30-19)18-6-3-2-4-7-18/h5,8,11-13,16,18,21-22,30H,2-4,6-7,9-10,14-15H2,1H3,(H2,28,36)(H,33,35). The van der Waals surface area contributed by atoms with Crippen LogP contribution in [0.4, 0.5) is 4.79 Å². The van der Waals surface area contributed by atoms with E-state index in [1.807, 2.05) is 25.4 Å². The van der Waals surface area contributed by atoms with E-state index in [1.165, 1.54) is 18.6 Å². The van der Waals surface area contributed by atoms with Gasteiger partial charge in [0, 0.05) is 43.3 Å². The van der Waals surface area contributed by atoms with Crippen LogP contribution in [0.1, 0.15) is 62.3 Å². The van der Waals surface area contributed by atoms with Gasteiger partial charge in [-0.25, -0.2) is 4.79 Å². The number of aromatic amines is 1. The molecule has 36 heavy (non-hydrogen) atoms. The van der Waals surface area contributed by atoms with E-state index in [1.54, 1.807) is 0 Å². The van der Waals surface area contributed by atoms with Crippen LogP contribution in [0.2, 0.25) is 0 Å². The molecule has 10 heteroatoms. The van der Waals surface area contributed by atoms with Gasteiger partial charge >= 0.3 is 6.03 Å². The Morgan fingerprint density at radius 3 is 2.61 bits per heavy atom. The molecule has 1 aliphatic carbocycles. The van der Waals surface area contributed by atoms with Crippen molar-refractivity contribution in [2.75, 3.05) is 20.1 Å². The molecule has 0 bridgehead atoms. The summed E-state index contributed by atoms with van der Waals surface area (Å²) in [6.45, 7) is 1.40. The van der Waals surface area contributed by atoms with Gasteiger partial charge in [0.2, 0.25) is 5.91 Å². The lowest BCUT2D eigenvalue weighted by atomic mass is 9.70. The summed E-state index contributed by atoms with van der Waals surface area (Å²) >= 11 is 0. The van der Waals surface area contributed by atoms with Gasteiger partial charge in [0.15, 0.2) is 0 Å². The van der Waals surface area contributed by atoms with Gasteiger partial charge in [-0.2, -0.15) is 10.3 Å². The first-order valence-electron chi connectivity index (χ1n) is 12.6. The Morgan fingerprint density at radius 1 is 1.28 bits per heavy atom. The molecule has 0 aromatic carbocycles. The monoisotopic (exact) mass is 490 g/mol. The number of piperidine rings is 1. The zero-order valence-corrected chi connectivity index (χ0v) is 20.7. The molecule has 10 nitrogen and oxygen atoms in total. The van der Waals surface area contributed by atoms with Crippen molar-refractivity contribution in [3.8, 4) is 6.07 Å². The molecular formula is C26H34N8O2. The average Bonchev–Trinajstić information content (AvgIpc) is 3.43. The molecule has 4 rings (SSSR count). The van der Waals surface area contributed by atoms with Crippen molar-refractivity contribution in [1.82, 2.24) is 25.2 Å². The summed E-state index contributed by atoms with van der Waals surface area (Å²) in [5, 5.41) is 13.2. The number of amides is 3. The summed E-state index contributed by atoms with van der Waals surface area (Å²) in [5.41, 5.74) is 5.94. The number of H-pyrrole nitrogens is 1. The maximum Gasteiger partial charge on any atom is 0.338 e. The van der Waals surface area contributed by atoms with Crippen molar-refractivity contribution in [2.45, 2.75) is 56.4 Å².